The molecule has 512 valence electrons. The Morgan fingerprint density at radius 3 is 1.83 bits per heavy atom. The number of non-ortho nitro benzene ring substituents is 2. The maximum atomic E-state index is 13.6. The van der Waals surface area contributed by atoms with Gasteiger partial charge in [0.2, 0.25) is 5.91 Å². The quantitative estimate of drug-likeness (QED) is 0.0119. The first-order valence-electron chi connectivity index (χ1n) is 30.0. The molecule has 95 heavy (non-hydrogen) atoms. The van der Waals surface area contributed by atoms with Crippen molar-refractivity contribution in [1.29, 1.82) is 0 Å². The highest BCUT2D eigenvalue weighted by atomic mass is 32.2. The molecule has 1 saturated heterocycles. The topological polar surface area (TPSA) is 423 Å². The number of nitrogens with one attached hydrogen (secondary N) is 3. The molecule has 0 saturated carbocycles. The highest BCUT2D eigenvalue weighted by Gasteiger charge is 2.35. The predicted octanol–water partition coefficient (Wildman–Crippen LogP) is 4.46. The zero-order chi connectivity index (χ0) is 67.7. The van der Waals surface area contributed by atoms with E-state index in [2.05, 4.69) is 30.9 Å². The number of fused-ring (bicyclic) bond motifs is 1. The van der Waals surface area contributed by atoms with Crippen molar-refractivity contribution in [2.75, 3.05) is 156 Å². The number of benzene rings is 3. The molecular formula is C59H73N13O22S. The van der Waals surface area contributed by atoms with E-state index in [0.717, 1.165) is 48.2 Å². The number of anilines is 1. The van der Waals surface area contributed by atoms with Crippen LogP contribution in [0.2, 0.25) is 0 Å². The number of carbonyl (C=O) groups excluding carboxylic acids is 4. The average Bonchev–Trinajstić information content (AvgIpc) is 1.71. The minimum absolute atomic E-state index is 0.0190. The van der Waals surface area contributed by atoms with Gasteiger partial charge >= 0.3 is 0 Å². The van der Waals surface area contributed by atoms with E-state index >= 15 is 0 Å². The predicted molar refractivity (Wildman–Crippen MR) is 336 cm³/mol. The number of pyridine rings is 1. The van der Waals surface area contributed by atoms with E-state index in [1.807, 2.05) is 13.0 Å². The number of aromatic nitrogens is 5. The summed E-state index contributed by atoms with van der Waals surface area (Å²) in [5.41, 5.74) is -0.856. The van der Waals surface area contributed by atoms with Gasteiger partial charge in [-0.25, -0.2) is 9.67 Å². The van der Waals surface area contributed by atoms with E-state index in [-0.39, 0.29) is 99.8 Å². The van der Waals surface area contributed by atoms with Crippen LogP contribution >= 0.6 is 11.8 Å². The molecule has 3 amide bonds. The largest absolute Gasteiger partial charge is 0.490 e. The van der Waals surface area contributed by atoms with E-state index in [1.54, 1.807) is 52.3 Å². The summed E-state index contributed by atoms with van der Waals surface area (Å²) in [5, 5.41) is 59.8. The van der Waals surface area contributed by atoms with Crippen LogP contribution in [0, 0.1) is 40.5 Å². The van der Waals surface area contributed by atoms with Gasteiger partial charge in [-0.15, -0.1) is 16.9 Å². The van der Waals surface area contributed by atoms with Crippen molar-refractivity contribution in [3.63, 3.8) is 0 Å². The fourth-order valence-corrected chi connectivity index (χ4v) is 10.2. The van der Waals surface area contributed by atoms with E-state index in [4.69, 9.17) is 47.4 Å². The van der Waals surface area contributed by atoms with E-state index in [1.165, 1.54) is 11.1 Å². The molecule has 0 spiro atoms. The molecule has 3 aromatic heterocycles. The first-order valence-corrected chi connectivity index (χ1v) is 31.0. The van der Waals surface area contributed by atoms with E-state index in [9.17, 15) is 59.6 Å². The van der Waals surface area contributed by atoms with Crippen molar-refractivity contribution in [1.82, 2.24) is 40.1 Å². The van der Waals surface area contributed by atoms with Gasteiger partial charge in [-0.3, -0.25) is 59.6 Å². The molecule has 0 radical (unpaired) electrons. The second kappa shape index (κ2) is 39.5. The molecule has 3 aromatic carbocycles. The number of nitrogens with zero attached hydrogens (tertiary/aromatic N) is 10. The summed E-state index contributed by atoms with van der Waals surface area (Å²) in [7, 11) is 0. The van der Waals surface area contributed by atoms with Crippen molar-refractivity contribution in [2.24, 2.45) is 0 Å². The van der Waals surface area contributed by atoms with Gasteiger partial charge in [-0.05, 0) is 37.3 Å². The Balaban J connectivity index is 0.634. The maximum Gasteiger partial charge on any atom is 0.299 e. The number of nitro benzene ring substituents is 4. The monoisotopic (exact) mass is 1350 g/mol. The molecule has 0 bridgehead atoms. The second-order valence-corrected chi connectivity index (χ2v) is 21.5. The average molecular weight is 1350 g/mol. The van der Waals surface area contributed by atoms with Crippen LogP contribution in [0.15, 0.2) is 96.3 Å². The van der Waals surface area contributed by atoms with Crippen molar-refractivity contribution >= 4 is 74.7 Å². The molecule has 35 nitrogen and oxygen atoms in total. The molecule has 0 aliphatic carbocycles. The number of nitro groups is 4. The lowest BCUT2D eigenvalue weighted by atomic mass is 10.1. The van der Waals surface area contributed by atoms with Crippen LogP contribution in [0.4, 0.5) is 28.4 Å². The number of hydrogen-bond donors (Lipinski definition) is 3. The van der Waals surface area contributed by atoms with Gasteiger partial charge in [0.05, 0.1) is 179 Å². The van der Waals surface area contributed by atoms with Crippen LogP contribution in [0.25, 0.3) is 11.0 Å². The molecule has 7 rings (SSSR count). The number of hydrogen-bond acceptors (Lipinski definition) is 27. The van der Waals surface area contributed by atoms with Crippen LogP contribution in [0.3, 0.4) is 0 Å². The van der Waals surface area contributed by atoms with Gasteiger partial charge in [0.15, 0.2) is 0 Å². The molecule has 1 aliphatic rings. The standard InChI is InChI=1S/C59H73N13O22S/c1-42-38-66(58(75)43-5-3-2-4-6-43)14-15-68(42)59(76)55(73)47-37-62-56-54(47)52(11-12-60-56)94-34-33-92-30-29-90-26-25-89-24-23-88-22-20-86-18-16-67-39-44(64-65-67)40-93-32-31-91-28-27-87-21-19-85-17-13-61-57(74)49(63-48-9-7-45(69(77)78)35-50(48)71(81)82)41-95-53-10-8-46(70(79)80)36-51(53)72(83)84/h2-12,35-37,39,42,49,63H,13-34,38,40-41H2,1H3,(H,60,62)(H,61,74)/t42-,49+/m1/s1. The summed E-state index contributed by atoms with van der Waals surface area (Å²) in [6.45, 7) is 8.63. The number of carbonyl (C=O) groups is 4. The second-order valence-electron chi connectivity index (χ2n) is 20.5. The number of thioether (sulfide) groups is 1. The van der Waals surface area contributed by atoms with Crippen LogP contribution < -0.4 is 15.4 Å². The van der Waals surface area contributed by atoms with Gasteiger partial charge in [-0.1, -0.05) is 23.4 Å². The minimum atomic E-state index is -1.29. The number of ketones is 1. The Morgan fingerprint density at radius 1 is 0.663 bits per heavy atom. The zero-order valence-electron chi connectivity index (χ0n) is 51.9. The number of rotatable bonds is 46. The molecule has 6 aromatic rings. The fourth-order valence-electron chi connectivity index (χ4n) is 9.18. The Labute approximate surface area is 546 Å². The molecule has 1 aliphatic heterocycles. The lowest BCUT2D eigenvalue weighted by molar-refractivity contribution is -0.396. The summed E-state index contributed by atoms with van der Waals surface area (Å²) >= 11 is 0.786. The van der Waals surface area contributed by atoms with E-state index < -0.39 is 66.1 Å². The fraction of sp³-hybridized carbons (Fsp3) is 0.475. The Kier molecular flexibility index (Phi) is 30.4. The highest BCUT2D eigenvalue weighted by molar-refractivity contribution is 7.99. The molecule has 3 N–H and O–H groups in total. The number of ether oxygens (including phenoxy) is 10. The van der Waals surface area contributed by atoms with Crippen molar-refractivity contribution in [2.45, 2.75) is 37.1 Å². The van der Waals surface area contributed by atoms with Crippen LogP contribution in [-0.2, 0) is 65.4 Å². The van der Waals surface area contributed by atoms with Crippen LogP contribution in [-0.4, -0.2) is 241 Å². The maximum absolute atomic E-state index is 13.6. The normalized spacial score (nSPS) is 13.4. The summed E-state index contributed by atoms with van der Waals surface area (Å²) in [6.07, 6.45) is 4.77. The first kappa shape index (κ1) is 73.2. The van der Waals surface area contributed by atoms with Crippen molar-refractivity contribution in [3.8, 4) is 5.75 Å². The molecule has 0 unspecified atom stereocenters. The molecule has 2 atom stereocenters. The third-order valence-corrected chi connectivity index (χ3v) is 15.1. The van der Waals surface area contributed by atoms with Crippen molar-refractivity contribution in [3.05, 3.63) is 149 Å². The smallest absolute Gasteiger partial charge is 0.299 e. The molecular weight excluding hydrogens is 1270 g/mol. The van der Waals surface area contributed by atoms with Crippen molar-refractivity contribution < 1.29 is 86.2 Å². The lowest BCUT2D eigenvalue weighted by Gasteiger charge is -2.39. The third kappa shape index (κ3) is 23.6. The SMILES string of the molecule is C[C@@H]1CN(C(=O)c2ccccc2)CCN1C(=O)C(=O)c1c[nH]c2nccc(OCCOCCOCCOCCOCCOCCn3cc(COCCOCCOCCOCCNC(=O)[C@H](CSc4ccc([N+](=O)[O-])cc4[N+](=O)[O-])Nc4ccc([N+](=O)[O-])cc4[N+](=O)[O-])nn3)c12. The van der Waals surface area contributed by atoms with Crippen LogP contribution in [0.5, 0.6) is 5.75 Å². The number of piperazine rings is 1. The Hall–Kier alpha value is -9.24. The molecule has 36 heteroatoms. The third-order valence-electron chi connectivity index (χ3n) is 13.9. The molecule has 4 heterocycles. The first-order chi connectivity index (χ1) is 46.1. The summed E-state index contributed by atoms with van der Waals surface area (Å²) in [5.74, 6) is -2.05. The number of amides is 3. The van der Waals surface area contributed by atoms with Gasteiger partial charge in [0, 0.05) is 68.1 Å². The minimum Gasteiger partial charge on any atom is -0.490 e. The highest BCUT2D eigenvalue weighted by Crippen LogP contribution is 2.35. The molecule has 1 fully saturated rings. The Bertz CT molecular complexity index is 3490. The van der Waals surface area contributed by atoms with Gasteiger partial charge in [0.1, 0.15) is 35.4 Å². The summed E-state index contributed by atoms with van der Waals surface area (Å²) < 4.78 is 57.9. The zero-order valence-corrected chi connectivity index (χ0v) is 52.7. The van der Waals surface area contributed by atoms with Crippen LogP contribution in [0.1, 0.15) is 33.3 Å². The summed E-state index contributed by atoms with van der Waals surface area (Å²) in [6, 6.07) is 14.7. The number of Topliss-reactive ketones (excluding diaryl/α,β-unsaturated/α-hetero) is 1. The van der Waals surface area contributed by atoms with Gasteiger partial charge in [0.25, 0.3) is 40.3 Å². The Morgan fingerprint density at radius 2 is 1.23 bits per heavy atom. The van der Waals surface area contributed by atoms with E-state index in [0.29, 0.717) is 120 Å². The lowest BCUT2D eigenvalue weighted by Crippen LogP contribution is -2.56. The van der Waals surface area contributed by atoms with Gasteiger partial charge < -0.3 is 72.8 Å². The number of aromatic amines is 1. The summed E-state index contributed by atoms with van der Waals surface area (Å²) in [4.78, 5) is 107. The van der Waals surface area contributed by atoms with Gasteiger partial charge in [-0.2, -0.15) is 0 Å². The number of H-pyrrole nitrogens is 1.